The number of benzene rings is 2. The Morgan fingerprint density at radius 2 is 1.52 bits per heavy atom. The van der Waals surface area contributed by atoms with E-state index in [4.69, 9.17) is 9.47 Å². The summed E-state index contributed by atoms with van der Waals surface area (Å²) in [4.78, 5) is 39.4. The molecule has 3 rings (SSSR count). The summed E-state index contributed by atoms with van der Waals surface area (Å²) in [5, 5.41) is 11.2. The predicted octanol–water partition coefficient (Wildman–Crippen LogP) is 0.422. The topological polar surface area (TPSA) is 99.2 Å². The second kappa shape index (κ2) is 9.09. The number of carboxylic acid groups (broad SMARTS) is 1. The number of ether oxygens (including phenoxy) is 2. The zero-order chi connectivity index (χ0) is 20.8. The van der Waals surface area contributed by atoms with Crippen LogP contribution in [0.3, 0.4) is 0 Å². The molecular formula is C21H21N2O6-. The first-order chi connectivity index (χ1) is 14.0. The molecule has 0 spiro atoms. The van der Waals surface area contributed by atoms with Crippen LogP contribution < -0.4 is 14.6 Å². The second-order valence-corrected chi connectivity index (χ2v) is 6.47. The zero-order valence-electron chi connectivity index (χ0n) is 16.0. The largest absolute Gasteiger partial charge is 0.545 e. The lowest BCUT2D eigenvalue weighted by Gasteiger charge is -2.35. The number of hydrogen-bond acceptors (Lipinski definition) is 6. The van der Waals surface area contributed by atoms with Gasteiger partial charge in [-0.15, -0.1) is 0 Å². The van der Waals surface area contributed by atoms with Gasteiger partial charge in [0.15, 0.2) is 6.61 Å². The number of nitrogens with zero attached hydrogens (tertiary/aromatic N) is 2. The van der Waals surface area contributed by atoms with Crippen LogP contribution in [0.2, 0.25) is 0 Å². The van der Waals surface area contributed by atoms with Gasteiger partial charge in [0.2, 0.25) is 0 Å². The quantitative estimate of drug-likeness (QED) is 0.701. The van der Waals surface area contributed by atoms with Crippen molar-refractivity contribution in [3.63, 3.8) is 0 Å². The fourth-order valence-electron chi connectivity index (χ4n) is 3.10. The van der Waals surface area contributed by atoms with E-state index < -0.39 is 5.97 Å². The number of rotatable bonds is 6. The highest BCUT2D eigenvalue weighted by molar-refractivity contribution is 6.04. The van der Waals surface area contributed by atoms with Crippen molar-refractivity contribution in [3.8, 4) is 11.5 Å². The highest BCUT2D eigenvalue weighted by Crippen LogP contribution is 2.19. The summed E-state index contributed by atoms with van der Waals surface area (Å²) in [6, 6.07) is 12.9. The lowest BCUT2D eigenvalue weighted by atomic mass is 10.1. The first kappa shape index (κ1) is 20.2. The van der Waals surface area contributed by atoms with E-state index in [0.717, 1.165) is 0 Å². The van der Waals surface area contributed by atoms with Gasteiger partial charge in [-0.3, -0.25) is 9.59 Å². The van der Waals surface area contributed by atoms with Gasteiger partial charge in [0, 0.05) is 43.4 Å². The molecule has 1 saturated heterocycles. The summed E-state index contributed by atoms with van der Waals surface area (Å²) in [5.74, 6) is -0.790. The van der Waals surface area contributed by atoms with Gasteiger partial charge in [0.05, 0.1) is 13.1 Å². The van der Waals surface area contributed by atoms with Crippen LogP contribution in [-0.2, 0) is 4.79 Å². The summed E-state index contributed by atoms with van der Waals surface area (Å²) in [6.07, 6.45) is 0. The molecule has 1 heterocycles. The van der Waals surface area contributed by atoms with Crippen LogP contribution in [0.25, 0.3) is 0 Å². The third-order valence-electron chi connectivity index (χ3n) is 4.70. The molecule has 0 atom stereocenters. The average molecular weight is 397 g/mol. The van der Waals surface area contributed by atoms with Crippen molar-refractivity contribution < 1.29 is 29.0 Å². The molecular weight excluding hydrogens is 376 g/mol. The van der Waals surface area contributed by atoms with Gasteiger partial charge in [-0.2, -0.15) is 0 Å². The minimum absolute atomic E-state index is 0.0913. The minimum atomic E-state index is -1.39. The molecule has 2 aromatic rings. The number of methoxy groups -OCH3 is 1. The summed E-state index contributed by atoms with van der Waals surface area (Å²) >= 11 is 0. The molecule has 152 valence electrons. The maximum atomic E-state index is 12.7. The van der Waals surface area contributed by atoms with E-state index in [1.807, 2.05) is 0 Å². The molecule has 0 aromatic heterocycles. The Hall–Kier alpha value is -3.55. The number of carbonyl (C=O) groups excluding carboxylic acids is 3. The van der Waals surface area contributed by atoms with Gasteiger partial charge >= 0.3 is 0 Å². The van der Waals surface area contributed by atoms with Crippen LogP contribution in [0.15, 0.2) is 48.5 Å². The molecule has 0 unspecified atom stereocenters. The third-order valence-corrected chi connectivity index (χ3v) is 4.70. The number of amides is 2. The van der Waals surface area contributed by atoms with Crippen molar-refractivity contribution >= 4 is 17.8 Å². The number of piperazine rings is 1. The maximum absolute atomic E-state index is 12.7. The van der Waals surface area contributed by atoms with E-state index in [0.29, 0.717) is 37.7 Å². The molecule has 8 heteroatoms. The first-order valence-electron chi connectivity index (χ1n) is 9.14. The molecule has 0 radical (unpaired) electrons. The lowest BCUT2D eigenvalue weighted by molar-refractivity contribution is -0.255. The second-order valence-electron chi connectivity index (χ2n) is 6.47. The molecule has 0 aliphatic carbocycles. The minimum Gasteiger partial charge on any atom is -0.545 e. The molecule has 1 aliphatic rings. The smallest absolute Gasteiger partial charge is 0.260 e. The number of carbonyl (C=O) groups is 3. The molecule has 0 N–H and O–H groups in total. The van der Waals surface area contributed by atoms with E-state index in [-0.39, 0.29) is 29.5 Å². The normalized spacial score (nSPS) is 13.7. The number of carboxylic acids is 1. The highest BCUT2D eigenvalue weighted by Gasteiger charge is 2.26. The molecule has 0 bridgehead atoms. The first-order valence-corrected chi connectivity index (χ1v) is 9.14. The Bertz CT molecular complexity index is 906. The Labute approximate surface area is 168 Å². The zero-order valence-corrected chi connectivity index (χ0v) is 16.0. The SMILES string of the molecule is COc1cccc(OCC(=O)N2CCN(C(=O)c3ccccc3C(=O)[O-])CC2)c1. The molecule has 0 saturated carbocycles. The molecule has 1 aliphatic heterocycles. The summed E-state index contributed by atoms with van der Waals surface area (Å²) < 4.78 is 10.6. The number of aromatic carboxylic acids is 1. The summed E-state index contributed by atoms with van der Waals surface area (Å²) in [5.41, 5.74) is -0.0451. The average Bonchev–Trinajstić information content (AvgIpc) is 2.77. The van der Waals surface area contributed by atoms with Gasteiger partial charge < -0.3 is 29.2 Å². The van der Waals surface area contributed by atoms with Crippen molar-refractivity contribution in [3.05, 3.63) is 59.7 Å². The molecule has 1 fully saturated rings. The monoisotopic (exact) mass is 397 g/mol. The van der Waals surface area contributed by atoms with Crippen molar-refractivity contribution in [1.82, 2.24) is 9.80 Å². The van der Waals surface area contributed by atoms with Crippen molar-refractivity contribution in [2.45, 2.75) is 0 Å². The predicted molar refractivity (Wildman–Crippen MR) is 102 cm³/mol. The Kier molecular flexibility index (Phi) is 6.33. The van der Waals surface area contributed by atoms with E-state index in [9.17, 15) is 19.5 Å². The fraction of sp³-hybridized carbons (Fsp3) is 0.286. The van der Waals surface area contributed by atoms with Crippen LogP contribution in [0.5, 0.6) is 11.5 Å². The number of hydrogen-bond donors (Lipinski definition) is 0. The van der Waals surface area contributed by atoms with E-state index in [1.165, 1.54) is 17.0 Å². The fourth-order valence-corrected chi connectivity index (χ4v) is 3.10. The highest BCUT2D eigenvalue weighted by atomic mass is 16.5. The van der Waals surface area contributed by atoms with Gasteiger partial charge in [0.25, 0.3) is 11.8 Å². The van der Waals surface area contributed by atoms with Crippen LogP contribution in [0, 0.1) is 0 Å². The van der Waals surface area contributed by atoms with Crippen molar-refractivity contribution in [2.24, 2.45) is 0 Å². The van der Waals surface area contributed by atoms with Gasteiger partial charge in [-0.25, -0.2) is 0 Å². The van der Waals surface area contributed by atoms with Crippen LogP contribution in [0.4, 0.5) is 0 Å². The molecule has 2 amide bonds. The molecule has 2 aromatic carbocycles. The Balaban J connectivity index is 1.54. The van der Waals surface area contributed by atoms with Crippen molar-refractivity contribution in [1.29, 1.82) is 0 Å². The summed E-state index contributed by atoms with van der Waals surface area (Å²) in [7, 11) is 1.55. The molecule has 29 heavy (non-hydrogen) atoms. The van der Waals surface area contributed by atoms with Gasteiger partial charge in [-0.05, 0) is 18.2 Å². The van der Waals surface area contributed by atoms with Crippen LogP contribution in [0.1, 0.15) is 20.7 Å². The Morgan fingerprint density at radius 3 is 2.17 bits per heavy atom. The molecule has 8 nitrogen and oxygen atoms in total. The maximum Gasteiger partial charge on any atom is 0.260 e. The van der Waals surface area contributed by atoms with Gasteiger partial charge in [0.1, 0.15) is 11.5 Å². The third kappa shape index (κ3) is 4.84. The van der Waals surface area contributed by atoms with E-state index in [2.05, 4.69) is 0 Å². The van der Waals surface area contributed by atoms with E-state index >= 15 is 0 Å². The van der Waals surface area contributed by atoms with Crippen molar-refractivity contribution in [2.75, 3.05) is 39.9 Å². The van der Waals surface area contributed by atoms with Crippen LogP contribution in [-0.4, -0.2) is 67.5 Å². The van der Waals surface area contributed by atoms with Crippen LogP contribution >= 0.6 is 0 Å². The van der Waals surface area contributed by atoms with E-state index in [1.54, 1.807) is 48.4 Å². The standard InChI is InChI=1S/C21H22N2O6/c1-28-15-5-4-6-16(13-15)29-14-19(24)22-9-11-23(12-10-22)20(25)17-7-2-3-8-18(17)21(26)27/h2-8,13H,9-12,14H2,1H3,(H,26,27)/p-1. The van der Waals surface area contributed by atoms with Gasteiger partial charge in [-0.1, -0.05) is 24.3 Å². The summed E-state index contributed by atoms with van der Waals surface area (Å²) in [6.45, 7) is 1.20. The lowest BCUT2D eigenvalue weighted by Crippen LogP contribution is -2.51. The Morgan fingerprint density at radius 1 is 0.897 bits per heavy atom.